The van der Waals surface area contributed by atoms with Gasteiger partial charge >= 0.3 is 0 Å². The first-order valence-corrected chi connectivity index (χ1v) is 9.08. The Balaban J connectivity index is 1.64. The molecule has 0 spiro atoms. The van der Waals surface area contributed by atoms with E-state index >= 15 is 0 Å². The molecule has 0 bridgehead atoms. The van der Waals surface area contributed by atoms with Crippen molar-refractivity contribution >= 4 is 11.6 Å². The van der Waals surface area contributed by atoms with Crippen LogP contribution in [0.2, 0.25) is 0 Å². The van der Waals surface area contributed by atoms with E-state index in [1.807, 2.05) is 48.7 Å². The predicted molar refractivity (Wildman–Crippen MR) is 99.8 cm³/mol. The van der Waals surface area contributed by atoms with Crippen LogP contribution >= 0.6 is 0 Å². The Labute approximate surface area is 149 Å². The van der Waals surface area contributed by atoms with Gasteiger partial charge in [-0.1, -0.05) is 12.8 Å². The highest BCUT2D eigenvalue weighted by molar-refractivity contribution is 5.94. The van der Waals surface area contributed by atoms with Crippen molar-refractivity contribution < 1.29 is 4.79 Å². The summed E-state index contributed by atoms with van der Waals surface area (Å²) in [4.78, 5) is 25.2. The second kappa shape index (κ2) is 8.60. The molecule has 0 saturated carbocycles. The molecule has 0 aromatic carbocycles. The summed E-state index contributed by atoms with van der Waals surface area (Å²) >= 11 is 0. The molecule has 1 aliphatic rings. The molecule has 1 saturated heterocycles. The number of carbonyl (C=O) groups excluding carboxylic acids is 1. The summed E-state index contributed by atoms with van der Waals surface area (Å²) in [6.07, 6.45) is 12.7. The van der Waals surface area contributed by atoms with Gasteiger partial charge in [0.15, 0.2) is 0 Å². The summed E-state index contributed by atoms with van der Waals surface area (Å²) in [6.45, 7) is 2.59. The lowest BCUT2D eigenvalue weighted by Gasteiger charge is -2.22. The summed E-state index contributed by atoms with van der Waals surface area (Å²) in [6, 6.07) is 6.03. The van der Waals surface area contributed by atoms with Crippen molar-refractivity contribution in [3.63, 3.8) is 0 Å². The molecule has 1 aliphatic heterocycles. The monoisotopic (exact) mass is 338 g/mol. The number of amides is 1. The minimum absolute atomic E-state index is 0.110. The Kier molecular flexibility index (Phi) is 5.99. The number of anilines is 1. The van der Waals surface area contributed by atoms with E-state index in [4.69, 9.17) is 0 Å². The van der Waals surface area contributed by atoms with Gasteiger partial charge in [0.2, 0.25) is 0 Å². The second-order valence-corrected chi connectivity index (χ2v) is 6.67. The first-order chi connectivity index (χ1) is 12.2. The van der Waals surface area contributed by atoms with E-state index in [1.165, 1.54) is 18.4 Å². The second-order valence-electron chi connectivity index (χ2n) is 6.67. The number of hydrogen-bond donors (Lipinski definition) is 0. The lowest BCUT2D eigenvalue weighted by atomic mass is 10.2. The number of rotatable bonds is 5. The van der Waals surface area contributed by atoms with Crippen LogP contribution in [-0.4, -0.2) is 47.5 Å². The zero-order valence-electron chi connectivity index (χ0n) is 14.9. The van der Waals surface area contributed by atoms with Crippen molar-refractivity contribution in [2.75, 3.05) is 31.6 Å². The van der Waals surface area contributed by atoms with Crippen molar-refractivity contribution in [1.82, 2.24) is 14.9 Å². The van der Waals surface area contributed by atoms with Crippen molar-refractivity contribution in [1.29, 1.82) is 0 Å². The van der Waals surface area contributed by atoms with Gasteiger partial charge in [-0.3, -0.25) is 14.8 Å². The minimum Gasteiger partial charge on any atom is -0.373 e. The van der Waals surface area contributed by atoms with Gasteiger partial charge in [-0.2, -0.15) is 0 Å². The zero-order valence-corrected chi connectivity index (χ0v) is 14.9. The van der Waals surface area contributed by atoms with Crippen LogP contribution in [0, 0.1) is 0 Å². The molecule has 25 heavy (non-hydrogen) atoms. The van der Waals surface area contributed by atoms with Crippen LogP contribution in [0.3, 0.4) is 0 Å². The molecule has 3 rings (SSSR count). The molecule has 1 amide bonds. The van der Waals surface area contributed by atoms with Crippen LogP contribution in [-0.2, 0) is 6.42 Å². The lowest BCUT2D eigenvalue weighted by Crippen LogP contribution is -2.32. The summed E-state index contributed by atoms with van der Waals surface area (Å²) in [5.74, 6) is 0.110. The van der Waals surface area contributed by atoms with Gasteiger partial charge in [-0.05, 0) is 43.0 Å². The number of carbonyl (C=O) groups is 1. The molecule has 3 heterocycles. The third-order valence-corrected chi connectivity index (χ3v) is 4.79. The first-order valence-electron chi connectivity index (χ1n) is 9.08. The molecule has 0 atom stereocenters. The summed E-state index contributed by atoms with van der Waals surface area (Å²) in [5.41, 5.74) is 2.93. The topological polar surface area (TPSA) is 49.3 Å². The molecule has 2 aromatic rings. The number of hydrogen-bond acceptors (Lipinski definition) is 4. The lowest BCUT2D eigenvalue weighted by molar-refractivity contribution is 0.0761. The van der Waals surface area contributed by atoms with Crippen molar-refractivity contribution in [3.05, 3.63) is 54.1 Å². The number of aromatic nitrogens is 2. The fourth-order valence-electron chi connectivity index (χ4n) is 3.19. The third kappa shape index (κ3) is 4.78. The van der Waals surface area contributed by atoms with E-state index in [1.54, 1.807) is 6.20 Å². The highest BCUT2D eigenvalue weighted by Crippen LogP contribution is 2.17. The normalized spacial score (nSPS) is 14.8. The number of likely N-dealkylation sites (N-methyl/N-ethyl adjacent to an activating group) is 1. The maximum absolute atomic E-state index is 12.8. The van der Waals surface area contributed by atoms with Gasteiger partial charge < -0.3 is 9.80 Å². The minimum atomic E-state index is 0.110. The Morgan fingerprint density at radius 3 is 2.52 bits per heavy atom. The molecule has 0 unspecified atom stereocenters. The van der Waals surface area contributed by atoms with E-state index in [-0.39, 0.29) is 5.91 Å². The SMILES string of the molecule is CN(CCc1ccncc1)c1cncc(C(=O)N2CCCCCC2)c1. The number of nitrogens with zero attached hydrogens (tertiary/aromatic N) is 4. The van der Waals surface area contributed by atoms with E-state index < -0.39 is 0 Å². The highest BCUT2D eigenvalue weighted by atomic mass is 16.2. The predicted octanol–water partition coefficient (Wildman–Crippen LogP) is 3.17. The molecule has 0 radical (unpaired) electrons. The van der Waals surface area contributed by atoms with Crippen molar-refractivity contribution in [2.24, 2.45) is 0 Å². The largest absolute Gasteiger partial charge is 0.373 e. The smallest absolute Gasteiger partial charge is 0.255 e. The van der Waals surface area contributed by atoms with E-state index in [9.17, 15) is 4.79 Å². The molecule has 132 valence electrons. The Bertz CT molecular complexity index is 681. The number of likely N-dealkylation sites (tertiary alicyclic amines) is 1. The molecule has 0 aliphatic carbocycles. The van der Waals surface area contributed by atoms with Crippen LogP contribution in [0.4, 0.5) is 5.69 Å². The molecular formula is C20H26N4O. The van der Waals surface area contributed by atoms with Crippen LogP contribution in [0.1, 0.15) is 41.6 Å². The summed E-state index contributed by atoms with van der Waals surface area (Å²) in [7, 11) is 2.04. The average molecular weight is 338 g/mol. The molecule has 5 nitrogen and oxygen atoms in total. The van der Waals surface area contributed by atoms with Gasteiger partial charge in [0.05, 0.1) is 17.4 Å². The maximum atomic E-state index is 12.8. The Hall–Kier alpha value is -2.43. The maximum Gasteiger partial charge on any atom is 0.255 e. The van der Waals surface area contributed by atoms with Gasteiger partial charge in [0.1, 0.15) is 0 Å². The standard InChI is InChI=1S/C20H26N4O/c1-23(13-8-17-6-9-21-10-7-17)19-14-18(15-22-16-19)20(25)24-11-4-2-3-5-12-24/h6-7,9-10,14-16H,2-5,8,11-13H2,1H3. The third-order valence-electron chi connectivity index (χ3n) is 4.79. The van der Waals surface area contributed by atoms with E-state index in [0.717, 1.165) is 44.6 Å². The van der Waals surface area contributed by atoms with Crippen LogP contribution < -0.4 is 4.90 Å². The van der Waals surface area contributed by atoms with E-state index in [2.05, 4.69) is 14.9 Å². The number of pyridine rings is 2. The van der Waals surface area contributed by atoms with Gasteiger partial charge in [-0.25, -0.2) is 0 Å². The van der Waals surface area contributed by atoms with Crippen LogP contribution in [0.25, 0.3) is 0 Å². The van der Waals surface area contributed by atoms with Crippen LogP contribution in [0.15, 0.2) is 43.0 Å². The fourth-order valence-corrected chi connectivity index (χ4v) is 3.19. The quantitative estimate of drug-likeness (QED) is 0.840. The van der Waals surface area contributed by atoms with E-state index in [0.29, 0.717) is 5.56 Å². The van der Waals surface area contributed by atoms with Gasteiger partial charge in [-0.15, -0.1) is 0 Å². The molecule has 1 fully saturated rings. The fraction of sp³-hybridized carbons (Fsp3) is 0.450. The Morgan fingerprint density at radius 2 is 1.80 bits per heavy atom. The average Bonchev–Trinajstić information content (AvgIpc) is 2.96. The van der Waals surface area contributed by atoms with Gasteiger partial charge in [0.25, 0.3) is 5.91 Å². The van der Waals surface area contributed by atoms with Crippen molar-refractivity contribution in [2.45, 2.75) is 32.1 Å². The van der Waals surface area contributed by atoms with Crippen molar-refractivity contribution in [3.8, 4) is 0 Å². The molecule has 2 aromatic heterocycles. The molecular weight excluding hydrogens is 312 g/mol. The first kappa shape index (κ1) is 17.4. The Morgan fingerprint density at radius 1 is 1.08 bits per heavy atom. The molecule has 0 N–H and O–H groups in total. The zero-order chi connectivity index (χ0) is 17.5. The van der Waals surface area contributed by atoms with Gasteiger partial charge in [0, 0.05) is 45.3 Å². The molecule has 5 heteroatoms. The highest BCUT2D eigenvalue weighted by Gasteiger charge is 2.18. The summed E-state index contributed by atoms with van der Waals surface area (Å²) in [5, 5.41) is 0. The van der Waals surface area contributed by atoms with Crippen LogP contribution in [0.5, 0.6) is 0 Å². The summed E-state index contributed by atoms with van der Waals surface area (Å²) < 4.78 is 0.